The van der Waals surface area contributed by atoms with E-state index >= 15 is 0 Å². The summed E-state index contributed by atoms with van der Waals surface area (Å²) in [6.07, 6.45) is 3.14. The van der Waals surface area contributed by atoms with Gasteiger partial charge in [0.15, 0.2) is 14.1 Å². The number of fused-ring (bicyclic) bond motifs is 1. The molecule has 0 spiro atoms. The normalized spacial score (nSPS) is 30.6. The first-order valence-electron chi connectivity index (χ1n) is 7.15. The minimum atomic E-state index is -1.66. The molecule has 0 amide bonds. The van der Waals surface area contributed by atoms with Crippen LogP contribution in [0.5, 0.6) is 0 Å². The standard InChI is InChI=1S/C14H27NO2Si/c1-14(2,3)18(4,5)17-11-6-7-12-13(16)8-9-15(12)10-11/h11-12H,6-10H2,1-5H3/t11-,12+/m1/s1. The van der Waals surface area contributed by atoms with Crippen LogP contribution in [0.25, 0.3) is 0 Å². The van der Waals surface area contributed by atoms with Crippen molar-refractivity contribution in [1.29, 1.82) is 0 Å². The number of Topliss-reactive ketones (excluding diaryl/α,β-unsaturated/α-hetero) is 1. The minimum absolute atomic E-state index is 0.212. The van der Waals surface area contributed by atoms with E-state index in [1.807, 2.05) is 0 Å². The Kier molecular flexibility index (Phi) is 3.73. The predicted octanol–water partition coefficient (Wildman–Crippen LogP) is 2.81. The zero-order valence-electron chi connectivity index (χ0n) is 12.5. The smallest absolute Gasteiger partial charge is 0.192 e. The molecule has 0 aromatic carbocycles. The summed E-state index contributed by atoms with van der Waals surface area (Å²) >= 11 is 0. The molecular weight excluding hydrogens is 242 g/mol. The van der Waals surface area contributed by atoms with Crippen molar-refractivity contribution < 1.29 is 9.22 Å². The van der Waals surface area contributed by atoms with E-state index in [1.165, 1.54) is 0 Å². The molecule has 0 saturated carbocycles. The molecule has 2 aliphatic heterocycles. The van der Waals surface area contributed by atoms with Gasteiger partial charge in [-0.25, -0.2) is 0 Å². The van der Waals surface area contributed by atoms with Gasteiger partial charge in [0.1, 0.15) is 0 Å². The fourth-order valence-corrected chi connectivity index (χ4v) is 4.11. The topological polar surface area (TPSA) is 29.5 Å². The highest BCUT2D eigenvalue weighted by molar-refractivity contribution is 6.74. The van der Waals surface area contributed by atoms with Crippen LogP contribution in [0.4, 0.5) is 0 Å². The van der Waals surface area contributed by atoms with Gasteiger partial charge in [-0.05, 0) is 31.0 Å². The van der Waals surface area contributed by atoms with Gasteiger partial charge in [-0.2, -0.15) is 0 Å². The maximum absolute atomic E-state index is 11.7. The molecule has 0 radical (unpaired) electrons. The van der Waals surface area contributed by atoms with Crippen LogP contribution in [0, 0.1) is 0 Å². The molecule has 3 nitrogen and oxygen atoms in total. The Bertz CT molecular complexity index is 335. The average Bonchev–Trinajstić information content (AvgIpc) is 2.58. The molecule has 4 heteroatoms. The van der Waals surface area contributed by atoms with Gasteiger partial charge in [0.2, 0.25) is 0 Å². The third kappa shape index (κ3) is 2.70. The molecule has 0 bridgehead atoms. The second-order valence-corrected chi connectivity index (χ2v) is 12.1. The summed E-state index contributed by atoms with van der Waals surface area (Å²) in [5, 5.41) is 0.269. The van der Waals surface area contributed by atoms with Crippen molar-refractivity contribution in [1.82, 2.24) is 4.90 Å². The molecule has 2 heterocycles. The van der Waals surface area contributed by atoms with E-state index in [2.05, 4.69) is 38.8 Å². The van der Waals surface area contributed by atoms with Crippen LogP contribution >= 0.6 is 0 Å². The largest absolute Gasteiger partial charge is 0.413 e. The van der Waals surface area contributed by atoms with Crippen molar-refractivity contribution in [3.8, 4) is 0 Å². The number of carbonyl (C=O) groups is 1. The Morgan fingerprint density at radius 1 is 1.28 bits per heavy atom. The van der Waals surface area contributed by atoms with Crippen molar-refractivity contribution in [2.24, 2.45) is 0 Å². The highest BCUT2D eigenvalue weighted by atomic mass is 28.4. The quantitative estimate of drug-likeness (QED) is 0.722. The molecule has 2 fully saturated rings. The van der Waals surface area contributed by atoms with E-state index in [0.717, 1.165) is 32.4 Å². The maximum Gasteiger partial charge on any atom is 0.192 e. The first kappa shape index (κ1) is 14.2. The van der Waals surface area contributed by atoms with E-state index in [1.54, 1.807) is 0 Å². The summed E-state index contributed by atoms with van der Waals surface area (Å²) in [4.78, 5) is 14.0. The van der Waals surface area contributed by atoms with Gasteiger partial charge >= 0.3 is 0 Å². The molecule has 104 valence electrons. The van der Waals surface area contributed by atoms with E-state index in [4.69, 9.17) is 4.43 Å². The van der Waals surface area contributed by atoms with Crippen molar-refractivity contribution in [2.75, 3.05) is 13.1 Å². The van der Waals surface area contributed by atoms with Gasteiger partial charge in [-0.1, -0.05) is 20.8 Å². The minimum Gasteiger partial charge on any atom is -0.413 e. The molecule has 0 unspecified atom stereocenters. The fourth-order valence-electron chi connectivity index (χ4n) is 2.73. The Labute approximate surface area is 112 Å². The average molecular weight is 269 g/mol. The lowest BCUT2D eigenvalue weighted by Crippen LogP contribution is -2.51. The number of ketones is 1. The lowest BCUT2D eigenvalue weighted by Gasteiger charge is -2.42. The van der Waals surface area contributed by atoms with Crippen molar-refractivity contribution in [2.45, 2.75) is 70.3 Å². The Morgan fingerprint density at radius 3 is 2.56 bits per heavy atom. The summed E-state index contributed by atoms with van der Waals surface area (Å²) < 4.78 is 6.47. The number of hydrogen-bond donors (Lipinski definition) is 0. The number of nitrogens with zero attached hydrogens (tertiary/aromatic N) is 1. The lowest BCUT2D eigenvalue weighted by molar-refractivity contribution is -0.121. The first-order chi connectivity index (χ1) is 8.21. The van der Waals surface area contributed by atoms with Crippen molar-refractivity contribution >= 4 is 14.1 Å². The summed E-state index contributed by atoms with van der Waals surface area (Å²) in [7, 11) is -1.66. The van der Waals surface area contributed by atoms with Gasteiger partial charge < -0.3 is 4.43 Å². The second-order valence-electron chi connectivity index (χ2n) is 7.30. The molecule has 0 aliphatic carbocycles. The van der Waals surface area contributed by atoms with Crippen LogP contribution < -0.4 is 0 Å². The number of piperidine rings is 1. The molecule has 2 rings (SSSR count). The van der Waals surface area contributed by atoms with Crippen molar-refractivity contribution in [3.05, 3.63) is 0 Å². The monoisotopic (exact) mass is 269 g/mol. The zero-order valence-corrected chi connectivity index (χ0v) is 13.5. The van der Waals surface area contributed by atoms with Gasteiger partial charge in [0.25, 0.3) is 0 Å². The third-order valence-electron chi connectivity index (χ3n) is 4.93. The summed E-state index contributed by atoms with van der Waals surface area (Å²) in [5.74, 6) is 0.445. The first-order valence-corrected chi connectivity index (χ1v) is 10.1. The molecule has 0 N–H and O–H groups in total. The second kappa shape index (κ2) is 4.73. The van der Waals surface area contributed by atoms with E-state index in [0.29, 0.717) is 11.9 Å². The van der Waals surface area contributed by atoms with Crippen LogP contribution in [-0.2, 0) is 9.22 Å². The summed E-state index contributed by atoms with van der Waals surface area (Å²) in [5.41, 5.74) is 0. The molecule has 18 heavy (non-hydrogen) atoms. The van der Waals surface area contributed by atoms with Crippen LogP contribution in [0.1, 0.15) is 40.0 Å². The Balaban J connectivity index is 1.95. The Morgan fingerprint density at radius 2 is 1.94 bits per heavy atom. The number of carbonyl (C=O) groups excluding carboxylic acids is 1. The highest BCUT2D eigenvalue weighted by Crippen LogP contribution is 2.39. The fraction of sp³-hybridized carbons (Fsp3) is 0.929. The van der Waals surface area contributed by atoms with Gasteiger partial charge in [-0.15, -0.1) is 0 Å². The summed E-state index contributed by atoms with van der Waals surface area (Å²) in [6, 6.07) is 0.212. The SMILES string of the molecule is CC(C)(C)[Si](C)(C)O[C@@H]1CC[C@H]2C(=O)CCN2C1. The van der Waals surface area contributed by atoms with E-state index in [-0.39, 0.29) is 11.1 Å². The molecular formula is C14H27NO2Si. The van der Waals surface area contributed by atoms with Crippen LogP contribution in [-0.4, -0.2) is 44.2 Å². The Hall–Kier alpha value is -0.193. The van der Waals surface area contributed by atoms with Gasteiger partial charge in [-0.3, -0.25) is 9.69 Å². The molecule has 0 aromatic heterocycles. The zero-order chi connectivity index (χ0) is 13.6. The molecule has 2 aliphatic rings. The van der Waals surface area contributed by atoms with E-state index < -0.39 is 8.32 Å². The van der Waals surface area contributed by atoms with Crippen LogP contribution in [0.15, 0.2) is 0 Å². The van der Waals surface area contributed by atoms with Crippen LogP contribution in [0.2, 0.25) is 18.1 Å². The van der Waals surface area contributed by atoms with Gasteiger partial charge in [0, 0.05) is 19.5 Å². The molecule has 2 saturated heterocycles. The number of hydrogen-bond acceptors (Lipinski definition) is 3. The lowest BCUT2D eigenvalue weighted by atomic mass is 10.0. The van der Waals surface area contributed by atoms with Gasteiger partial charge in [0.05, 0.1) is 12.1 Å². The van der Waals surface area contributed by atoms with Crippen molar-refractivity contribution in [3.63, 3.8) is 0 Å². The summed E-state index contributed by atoms with van der Waals surface area (Å²) in [6.45, 7) is 13.4. The maximum atomic E-state index is 11.7. The highest BCUT2D eigenvalue weighted by Gasteiger charge is 2.43. The van der Waals surface area contributed by atoms with E-state index in [9.17, 15) is 4.79 Å². The third-order valence-corrected chi connectivity index (χ3v) is 9.46. The van der Waals surface area contributed by atoms with Crippen LogP contribution in [0.3, 0.4) is 0 Å². The predicted molar refractivity (Wildman–Crippen MR) is 76.3 cm³/mol. The number of rotatable bonds is 2. The molecule has 2 atom stereocenters. The molecule has 0 aromatic rings.